The number of nitrogens with zero attached hydrogens (tertiary/aromatic N) is 2. The van der Waals surface area contributed by atoms with Crippen LogP contribution in [0.2, 0.25) is 15.1 Å². The third kappa shape index (κ3) is 14.7. The summed E-state index contributed by atoms with van der Waals surface area (Å²) in [5.41, 5.74) is -1.96. The van der Waals surface area contributed by atoms with Crippen LogP contribution in [0.25, 0.3) is 0 Å². The van der Waals surface area contributed by atoms with E-state index in [-0.39, 0.29) is 75.2 Å². The molecule has 2 aliphatic rings. The van der Waals surface area contributed by atoms with Crippen LogP contribution in [0.1, 0.15) is 87.9 Å². The van der Waals surface area contributed by atoms with Crippen molar-refractivity contribution >= 4 is 46.6 Å². The molecular formula is C57H68Cl3F2N5O9. The van der Waals surface area contributed by atoms with Crippen LogP contribution in [0.5, 0.6) is 11.5 Å². The van der Waals surface area contributed by atoms with Crippen LogP contribution in [0.3, 0.4) is 0 Å². The Kier molecular flexibility index (Phi) is 21.3. The minimum Gasteiger partial charge on any atom is -0.491 e. The number of nitrogens with one attached hydrogen (secondary N) is 3. The number of hydrogen-bond donors (Lipinski definition) is 3. The van der Waals surface area contributed by atoms with Gasteiger partial charge in [0, 0.05) is 57.6 Å². The maximum Gasteiger partial charge on any atom is 0.251 e. The fraction of sp³-hybridized carbons (Fsp3) is 0.509. The molecule has 3 N–H and O–H groups in total. The van der Waals surface area contributed by atoms with Gasteiger partial charge in [0.1, 0.15) is 47.3 Å². The van der Waals surface area contributed by atoms with Gasteiger partial charge in [-0.25, -0.2) is 8.78 Å². The smallest absolute Gasteiger partial charge is 0.251 e. The summed E-state index contributed by atoms with van der Waals surface area (Å²) in [5.74, 6) is -2.21. The van der Waals surface area contributed by atoms with Crippen LogP contribution in [0, 0.1) is 50.5 Å². The number of carbonyl (C=O) groups is 2. The summed E-state index contributed by atoms with van der Waals surface area (Å²) in [6.07, 6.45) is 0.141. The predicted molar refractivity (Wildman–Crippen MR) is 286 cm³/mol. The van der Waals surface area contributed by atoms with Crippen molar-refractivity contribution in [2.75, 3.05) is 79.2 Å². The van der Waals surface area contributed by atoms with Crippen LogP contribution >= 0.6 is 34.8 Å². The van der Waals surface area contributed by atoms with Crippen molar-refractivity contribution in [3.8, 4) is 23.6 Å². The molecule has 2 amide bonds. The maximum atomic E-state index is 15.9. The molecule has 4 atom stereocenters. The fourth-order valence-corrected chi connectivity index (χ4v) is 11.2. The first kappa shape index (κ1) is 60.1. The lowest BCUT2D eigenvalue weighted by molar-refractivity contribution is -0.164. The molecule has 4 aromatic carbocycles. The zero-order valence-corrected chi connectivity index (χ0v) is 46.3. The molecule has 0 bridgehead atoms. The van der Waals surface area contributed by atoms with Crippen LogP contribution in [0.15, 0.2) is 78.9 Å². The third-order valence-corrected chi connectivity index (χ3v) is 14.6. The Bertz CT molecular complexity index is 2680. The van der Waals surface area contributed by atoms with Gasteiger partial charge in [-0.3, -0.25) is 9.59 Å². The second-order valence-electron chi connectivity index (χ2n) is 21.2. The van der Waals surface area contributed by atoms with Crippen LogP contribution in [0.4, 0.5) is 8.78 Å². The molecule has 1 heterocycles. The van der Waals surface area contributed by atoms with Gasteiger partial charge in [-0.1, -0.05) is 101 Å². The van der Waals surface area contributed by atoms with Crippen LogP contribution in [-0.2, 0) is 33.9 Å². The highest BCUT2D eigenvalue weighted by Crippen LogP contribution is 2.56. The number of carbonyl (C=O) groups excluding carboxylic acids is 2. The van der Waals surface area contributed by atoms with E-state index < -0.39 is 41.0 Å². The summed E-state index contributed by atoms with van der Waals surface area (Å²) in [5, 5.41) is 29.8. The molecule has 1 saturated carbocycles. The molecule has 6 rings (SSSR count). The molecule has 1 aliphatic carbocycles. The van der Waals surface area contributed by atoms with E-state index in [4.69, 9.17) is 68.0 Å². The van der Waals surface area contributed by atoms with Crippen molar-refractivity contribution in [2.45, 2.75) is 90.4 Å². The molecule has 2 unspecified atom stereocenters. The first-order valence-corrected chi connectivity index (χ1v) is 26.4. The van der Waals surface area contributed by atoms with Crippen molar-refractivity contribution in [1.82, 2.24) is 16.0 Å². The van der Waals surface area contributed by atoms with E-state index in [2.05, 4.69) is 55.8 Å². The molecule has 1 saturated heterocycles. The van der Waals surface area contributed by atoms with Gasteiger partial charge in [0.15, 0.2) is 0 Å². The van der Waals surface area contributed by atoms with Crippen LogP contribution in [-0.4, -0.2) is 115 Å². The molecule has 4 aromatic rings. The number of ether oxygens (including phenoxy) is 7. The standard InChI is InChI=1S/C57H68Cl3F2N5O9/c1-54(2,3)33-46-57(35-64,42-18-14-38(58)31-45(42)61)47(41-9-8-10-43(59)48(41)62)49(66-46)51(69)65-19-20-70-21-22-71-23-24-72-25-26-73-27-28-74-29-30-75-39-15-11-36(12-16-39)50(68)67-52-55(4,5)53(56(52,6)7)76-40-17-13-37(34-63)44(60)32-40/h8-18,31-32,46-47,49,52-53,66H,19-30,33H2,1-7H3,(H,65,69)(H,67,68)/t46?,47-,49?,52-,53-,57-/m0/s1. The monoisotopic (exact) mass is 1110 g/mol. The van der Waals surface area contributed by atoms with Gasteiger partial charge in [-0.2, -0.15) is 10.5 Å². The van der Waals surface area contributed by atoms with Crippen LogP contribution < -0.4 is 25.4 Å². The summed E-state index contributed by atoms with van der Waals surface area (Å²) in [7, 11) is 0. The zero-order valence-electron chi connectivity index (χ0n) is 44.0. The summed E-state index contributed by atoms with van der Waals surface area (Å²) in [6.45, 7) is 17.8. The number of benzene rings is 4. The Hall–Kier alpha value is -5.11. The summed E-state index contributed by atoms with van der Waals surface area (Å²) in [6, 6.07) is 22.7. The maximum absolute atomic E-state index is 15.9. The Labute approximate surface area is 459 Å². The van der Waals surface area contributed by atoms with Gasteiger partial charge in [0.2, 0.25) is 5.91 Å². The van der Waals surface area contributed by atoms with Gasteiger partial charge in [0.05, 0.1) is 93.8 Å². The van der Waals surface area contributed by atoms with Crippen molar-refractivity contribution in [3.05, 3.63) is 128 Å². The second-order valence-corrected chi connectivity index (χ2v) is 22.5. The molecule has 1 aliphatic heterocycles. The van der Waals surface area contributed by atoms with Gasteiger partial charge in [-0.15, -0.1) is 0 Å². The lowest BCUT2D eigenvalue weighted by Gasteiger charge is -2.63. The summed E-state index contributed by atoms with van der Waals surface area (Å²) < 4.78 is 72.0. The molecule has 410 valence electrons. The van der Waals surface area contributed by atoms with Gasteiger partial charge in [-0.05, 0) is 72.0 Å². The van der Waals surface area contributed by atoms with E-state index >= 15 is 8.78 Å². The number of hydrogen-bond acceptors (Lipinski definition) is 12. The Morgan fingerprint density at radius 1 is 0.724 bits per heavy atom. The lowest BCUT2D eigenvalue weighted by Crippen LogP contribution is -2.74. The third-order valence-electron chi connectivity index (χ3n) is 13.8. The first-order valence-electron chi connectivity index (χ1n) is 25.3. The highest BCUT2D eigenvalue weighted by atomic mass is 35.5. The molecule has 0 spiro atoms. The van der Waals surface area contributed by atoms with Gasteiger partial charge in [0.25, 0.3) is 5.91 Å². The molecule has 0 radical (unpaired) electrons. The largest absolute Gasteiger partial charge is 0.491 e. The second kappa shape index (κ2) is 27.0. The lowest BCUT2D eigenvalue weighted by atomic mass is 9.49. The molecule has 2 fully saturated rings. The zero-order chi connectivity index (χ0) is 55.3. The highest BCUT2D eigenvalue weighted by molar-refractivity contribution is 6.32. The van der Waals surface area contributed by atoms with E-state index in [0.717, 1.165) is 6.07 Å². The van der Waals surface area contributed by atoms with E-state index in [9.17, 15) is 20.1 Å². The number of halogens is 5. The fourth-order valence-electron chi connectivity index (χ4n) is 10.6. The molecule has 0 aromatic heterocycles. The number of nitriles is 2. The van der Waals surface area contributed by atoms with Gasteiger partial charge >= 0.3 is 0 Å². The highest BCUT2D eigenvalue weighted by Gasteiger charge is 2.64. The molecule has 19 heteroatoms. The van der Waals surface area contributed by atoms with E-state index in [1.165, 1.54) is 24.3 Å². The topological polar surface area (TPSA) is 182 Å². The number of amides is 2. The van der Waals surface area contributed by atoms with E-state index in [1.807, 2.05) is 20.8 Å². The predicted octanol–water partition coefficient (Wildman–Crippen LogP) is 10.0. The Morgan fingerprint density at radius 3 is 1.86 bits per heavy atom. The molecule has 76 heavy (non-hydrogen) atoms. The Balaban J connectivity index is 0.800. The average Bonchev–Trinajstić information content (AvgIpc) is 3.82. The minimum atomic E-state index is -1.72. The Morgan fingerprint density at radius 2 is 1.30 bits per heavy atom. The number of rotatable bonds is 27. The minimum absolute atomic E-state index is 0.00548. The SMILES string of the molecule is CC(C)(C)CC1NC(C(=O)NCCOCCOCCOCCOCCOCCOc2ccc(C(=O)N[C@H]3C(C)(C)[C@H](Oc4ccc(C#N)c(Cl)c4)C3(C)C)cc2)[C@H](c2cccc(Cl)c2F)[C@@]1(C#N)c1ccc(Cl)cc1F. The summed E-state index contributed by atoms with van der Waals surface area (Å²) >= 11 is 18.6. The molecule has 14 nitrogen and oxygen atoms in total. The average molecular weight is 1110 g/mol. The first-order chi connectivity index (χ1) is 36.1. The van der Waals surface area contributed by atoms with E-state index in [1.54, 1.807) is 48.5 Å². The van der Waals surface area contributed by atoms with Crippen molar-refractivity contribution < 1.29 is 51.5 Å². The molecular weight excluding hydrogens is 1040 g/mol. The van der Waals surface area contributed by atoms with E-state index in [0.29, 0.717) is 93.5 Å². The van der Waals surface area contributed by atoms with Gasteiger partial charge < -0.3 is 49.1 Å². The summed E-state index contributed by atoms with van der Waals surface area (Å²) in [4.78, 5) is 27.3. The van der Waals surface area contributed by atoms with Crippen molar-refractivity contribution in [1.29, 1.82) is 10.5 Å². The van der Waals surface area contributed by atoms with Crippen molar-refractivity contribution in [3.63, 3.8) is 0 Å². The normalized spacial score (nSPS) is 21.5. The van der Waals surface area contributed by atoms with Crippen molar-refractivity contribution in [2.24, 2.45) is 16.2 Å². The quantitative estimate of drug-likeness (QED) is 0.0482.